The molecule has 1 heterocycles. The fourth-order valence-electron chi connectivity index (χ4n) is 3.67. The van der Waals surface area contributed by atoms with Crippen molar-refractivity contribution in [1.29, 1.82) is 0 Å². The molecule has 0 spiro atoms. The summed E-state index contributed by atoms with van der Waals surface area (Å²) >= 11 is 0. The molecule has 47 heavy (non-hydrogen) atoms. The molecule has 1 aromatic carbocycles. The van der Waals surface area contributed by atoms with E-state index in [1.165, 1.54) is 12.2 Å². The number of rotatable bonds is 34. The molecule has 0 unspecified atom stereocenters. The minimum atomic E-state index is -0.308. The number of carbonyl (C=O) groups is 2. The second-order valence-electron chi connectivity index (χ2n) is 9.70. The lowest BCUT2D eigenvalue weighted by atomic mass is 10.3. The normalized spacial score (nSPS) is 12.9. The highest BCUT2D eigenvalue weighted by Gasteiger charge is 2.22. The van der Waals surface area contributed by atoms with Crippen LogP contribution >= 0.6 is 0 Å². The van der Waals surface area contributed by atoms with Crippen molar-refractivity contribution >= 4 is 17.5 Å². The van der Waals surface area contributed by atoms with Crippen LogP contribution in [0.3, 0.4) is 0 Å². The van der Waals surface area contributed by atoms with E-state index in [9.17, 15) is 9.59 Å². The third-order valence-electron chi connectivity index (χ3n) is 6.08. The highest BCUT2D eigenvalue weighted by atomic mass is 16.6. The molecule has 15 heteroatoms. The zero-order chi connectivity index (χ0) is 33.5. The van der Waals surface area contributed by atoms with E-state index >= 15 is 0 Å². The molecule has 2 amide bonds. The number of nitrogen functional groups attached to an aromatic ring is 1. The Labute approximate surface area is 277 Å². The number of imide groups is 1. The van der Waals surface area contributed by atoms with Gasteiger partial charge in [0.2, 0.25) is 0 Å². The maximum atomic E-state index is 11.4. The first-order valence-electron chi connectivity index (χ1n) is 16.0. The molecule has 0 aromatic heterocycles. The fourth-order valence-corrected chi connectivity index (χ4v) is 3.67. The third-order valence-corrected chi connectivity index (χ3v) is 6.08. The molecule has 0 fully saturated rings. The summed E-state index contributed by atoms with van der Waals surface area (Å²) in [5.74, 6) is 0.151. The second kappa shape index (κ2) is 29.4. The van der Waals surface area contributed by atoms with Crippen molar-refractivity contribution in [3.8, 4) is 5.75 Å². The van der Waals surface area contributed by atoms with Crippen LogP contribution in [-0.2, 0) is 57.0 Å². The summed E-state index contributed by atoms with van der Waals surface area (Å²) in [6.07, 6.45) is 2.51. The minimum absolute atomic E-state index is 0.238. The van der Waals surface area contributed by atoms with E-state index in [4.69, 9.17) is 57.8 Å². The monoisotopic (exact) mass is 672 g/mol. The third kappa shape index (κ3) is 23.3. The van der Waals surface area contributed by atoms with Crippen molar-refractivity contribution in [2.24, 2.45) is 0 Å². The van der Waals surface area contributed by atoms with Crippen molar-refractivity contribution in [3.05, 3.63) is 36.4 Å². The maximum Gasteiger partial charge on any atom is 0.253 e. The Kier molecular flexibility index (Phi) is 25.4. The van der Waals surface area contributed by atoms with E-state index < -0.39 is 0 Å². The smallest absolute Gasteiger partial charge is 0.253 e. The Morgan fingerprint density at radius 1 is 0.404 bits per heavy atom. The predicted octanol–water partition coefficient (Wildman–Crippen LogP) is 0.739. The fraction of sp³-hybridized carbons (Fsp3) is 0.688. The van der Waals surface area contributed by atoms with Crippen LogP contribution in [0.1, 0.15) is 0 Å². The van der Waals surface area contributed by atoms with Crippen LogP contribution in [0.25, 0.3) is 0 Å². The predicted molar refractivity (Wildman–Crippen MR) is 170 cm³/mol. The quantitative estimate of drug-likeness (QED) is 0.0619. The second-order valence-corrected chi connectivity index (χ2v) is 9.70. The van der Waals surface area contributed by atoms with Gasteiger partial charge in [0.1, 0.15) is 12.4 Å². The molecule has 0 saturated carbocycles. The van der Waals surface area contributed by atoms with Gasteiger partial charge in [0.25, 0.3) is 11.8 Å². The Morgan fingerprint density at radius 3 is 1.00 bits per heavy atom. The molecule has 0 atom stereocenters. The van der Waals surface area contributed by atoms with E-state index in [1.54, 1.807) is 12.1 Å². The van der Waals surface area contributed by atoms with Gasteiger partial charge in [-0.1, -0.05) is 0 Å². The topological polar surface area (TPSA) is 165 Å². The molecule has 15 nitrogen and oxygen atoms in total. The van der Waals surface area contributed by atoms with Crippen molar-refractivity contribution in [2.75, 3.05) is 151 Å². The molecular weight excluding hydrogens is 620 g/mol. The molecule has 2 N–H and O–H groups in total. The SMILES string of the molecule is Nc1ccc(OCCOCCOCCOCCOCCOCCOCCOCCOCCOCCOCCN2C(=O)C=CC2=O)cc1. The van der Waals surface area contributed by atoms with Gasteiger partial charge in [0.15, 0.2) is 0 Å². The van der Waals surface area contributed by atoms with E-state index in [-0.39, 0.29) is 25.0 Å². The van der Waals surface area contributed by atoms with E-state index in [0.717, 1.165) is 10.6 Å². The zero-order valence-corrected chi connectivity index (χ0v) is 27.4. The molecule has 0 aliphatic carbocycles. The molecule has 0 radical (unpaired) electrons. The first kappa shape index (κ1) is 40.5. The Bertz CT molecular complexity index is 918. The number of nitrogens with zero attached hydrogens (tertiary/aromatic N) is 1. The lowest BCUT2D eigenvalue weighted by Gasteiger charge is -2.13. The van der Waals surface area contributed by atoms with E-state index in [0.29, 0.717) is 138 Å². The van der Waals surface area contributed by atoms with Crippen molar-refractivity contribution < 1.29 is 61.7 Å². The van der Waals surface area contributed by atoms with Crippen LogP contribution in [0.15, 0.2) is 36.4 Å². The lowest BCUT2D eigenvalue weighted by molar-refractivity contribution is -0.137. The number of nitrogens with two attached hydrogens (primary N) is 1. The summed E-state index contributed by atoms with van der Waals surface area (Å²) in [5, 5.41) is 0. The lowest BCUT2D eigenvalue weighted by Crippen LogP contribution is -2.33. The molecule has 0 saturated heterocycles. The molecule has 0 bridgehead atoms. The zero-order valence-electron chi connectivity index (χ0n) is 27.4. The number of hydrogen-bond acceptors (Lipinski definition) is 14. The highest BCUT2D eigenvalue weighted by molar-refractivity contribution is 6.12. The molecule has 2 rings (SSSR count). The van der Waals surface area contributed by atoms with Gasteiger partial charge in [-0.3, -0.25) is 14.5 Å². The van der Waals surface area contributed by atoms with Crippen LogP contribution in [0, 0.1) is 0 Å². The molecular formula is C32H52N2O13. The average molecular weight is 673 g/mol. The standard InChI is InChI=1S/C32H52N2O13/c33-29-1-3-30(4-2-29)47-28-27-46-26-25-45-24-23-44-22-21-43-20-19-42-18-17-41-16-15-40-14-13-39-12-11-38-10-9-37-8-7-34-31(35)5-6-32(34)36/h1-6H,7-28,33H2. The Balaban J connectivity index is 1.15. The molecule has 1 aliphatic rings. The molecule has 268 valence electrons. The van der Waals surface area contributed by atoms with Gasteiger partial charge in [-0.2, -0.15) is 0 Å². The first-order valence-corrected chi connectivity index (χ1v) is 16.0. The summed E-state index contributed by atoms with van der Waals surface area (Å²) in [5.41, 5.74) is 6.34. The summed E-state index contributed by atoms with van der Waals surface area (Å²) in [6.45, 7) is 9.97. The van der Waals surface area contributed by atoms with Gasteiger partial charge in [-0.05, 0) is 24.3 Å². The van der Waals surface area contributed by atoms with Gasteiger partial charge in [0.05, 0.1) is 139 Å². The van der Waals surface area contributed by atoms with Gasteiger partial charge in [0, 0.05) is 17.8 Å². The van der Waals surface area contributed by atoms with E-state index in [2.05, 4.69) is 0 Å². The number of amides is 2. The maximum absolute atomic E-state index is 11.4. The first-order chi connectivity index (χ1) is 23.2. The van der Waals surface area contributed by atoms with Crippen LogP contribution in [0.5, 0.6) is 5.75 Å². The molecule has 1 aliphatic heterocycles. The Morgan fingerprint density at radius 2 is 0.681 bits per heavy atom. The highest BCUT2D eigenvalue weighted by Crippen LogP contribution is 2.12. The van der Waals surface area contributed by atoms with Gasteiger partial charge < -0.3 is 57.8 Å². The van der Waals surface area contributed by atoms with Crippen LogP contribution in [-0.4, -0.2) is 162 Å². The average Bonchev–Trinajstić information content (AvgIpc) is 3.40. The largest absolute Gasteiger partial charge is 0.491 e. The number of hydrogen-bond donors (Lipinski definition) is 1. The van der Waals surface area contributed by atoms with Gasteiger partial charge >= 0.3 is 0 Å². The van der Waals surface area contributed by atoms with Crippen molar-refractivity contribution in [2.45, 2.75) is 0 Å². The summed E-state index contributed by atoms with van der Waals surface area (Å²) in [7, 11) is 0. The minimum Gasteiger partial charge on any atom is -0.491 e. The van der Waals surface area contributed by atoms with Crippen LogP contribution in [0.2, 0.25) is 0 Å². The van der Waals surface area contributed by atoms with Crippen LogP contribution < -0.4 is 10.5 Å². The van der Waals surface area contributed by atoms with E-state index in [1.807, 2.05) is 12.1 Å². The summed E-state index contributed by atoms with van der Waals surface area (Å²) in [6, 6.07) is 7.24. The molecule has 1 aromatic rings. The summed E-state index contributed by atoms with van der Waals surface area (Å²) in [4.78, 5) is 23.9. The van der Waals surface area contributed by atoms with Crippen molar-refractivity contribution in [3.63, 3.8) is 0 Å². The number of benzene rings is 1. The summed E-state index contributed by atoms with van der Waals surface area (Å²) < 4.78 is 60.0. The van der Waals surface area contributed by atoms with Crippen LogP contribution in [0.4, 0.5) is 5.69 Å². The van der Waals surface area contributed by atoms with Gasteiger partial charge in [-0.25, -0.2) is 0 Å². The van der Waals surface area contributed by atoms with Gasteiger partial charge in [-0.15, -0.1) is 0 Å². The number of anilines is 1. The van der Waals surface area contributed by atoms with Crippen molar-refractivity contribution in [1.82, 2.24) is 4.90 Å². The number of ether oxygens (including phenoxy) is 11. The number of carbonyl (C=O) groups excluding carboxylic acids is 2. The Hall–Kier alpha value is -2.70.